The van der Waals surface area contributed by atoms with E-state index in [0.29, 0.717) is 23.2 Å². The highest BCUT2D eigenvalue weighted by Gasteiger charge is 2.61. The molecule has 9 atom stereocenters. The maximum absolute atomic E-state index is 9.47. The number of unbranched alkanes of at least 4 members (excludes halogenated alkanes) is 1. The molecule has 9 unspecified atom stereocenters. The Balaban J connectivity index is 0.000000872. The Morgan fingerprint density at radius 2 is 1.44 bits per heavy atom. The van der Waals surface area contributed by atoms with Gasteiger partial charge in [-0.15, -0.1) is 0 Å². The van der Waals surface area contributed by atoms with Gasteiger partial charge in [0.25, 0.3) is 0 Å². The van der Waals surface area contributed by atoms with Crippen molar-refractivity contribution in [2.75, 3.05) is 7.05 Å². The van der Waals surface area contributed by atoms with E-state index in [-0.39, 0.29) is 0 Å². The Morgan fingerprint density at radius 1 is 0.815 bits per heavy atom. The predicted octanol–water partition coefficient (Wildman–Crippen LogP) is 7.43. The van der Waals surface area contributed by atoms with Gasteiger partial charge in [0, 0.05) is 12.1 Å². The molecule has 0 N–H and O–H groups in total. The molecule has 1 saturated heterocycles. The largest absolute Gasteiger partial charge is 0.300 e. The fourth-order valence-corrected chi connectivity index (χ4v) is 9.02. The lowest BCUT2D eigenvalue weighted by molar-refractivity contribution is -0.0261. The number of fused-ring (bicyclic) bond motifs is 8. The van der Waals surface area contributed by atoms with Gasteiger partial charge < -0.3 is 0 Å². The summed E-state index contributed by atoms with van der Waals surface area (Å²) in [6, 6.07) is 1.93. The molecule has 0 amide bonds. The van der Waals surface area contributed by atoms with Crippen LogP contribution >= 0.6 is 23.2 Å². The van der Waals surface area contributed by atoms with Gasteiger partial charge in [-0.1, -0.05) is 51.9 Å². The van der Waals surface area contributed by atoms with Gasteiger partial charge in [-0.25, -0.2) is 0 Å². The fraction of sp³-hybridized carbons (Fsp3) is 1.00. The highest BCUT2D eigenvalue weighted by atomic mass is 127. The van der Waals surface area contributed by atoms with E-state index in [2.05, 4.69) is 18.9 Å². The molecule has 5 rings (SSSR count). The maximum atomic E-state index is 9.47. The molecule has 4 aliphatic carbocycles. The highest BCUT2D eigenvalue weighted by Crippen LogP contribution is 2.63. The van der Waals surface area contributed by atoms with E-state index in [4.69, 9.17) is 0 Å². The molecule has 0 bridgehead atoms. The smallest absolute Gasteiger partial charge is 0.171 e. The summed E-state index contributed by atoms with van der Waals surface area (Å²) in [4.78, 5) is 2.97. The molecule has 1 aliphatic heterocycles. The molecule has 3 heteroatoms. The molecule has 4 saturated carbocycles. The minimum absolute atomic E-state index is 0.650. The van der Waals surface area contributed by atoms with Crippen molar-refractivity contribution < 1.29 is 2.86 Å². The minimum Gasteiger partial charge on any atom is -0.300 e. The topological polar surface area (TPSA) is 3.24 Å². The van der Waals surface area contributed by atoms with Gasteiger partial charge >= 0.3 is 0 Å². The SMILES string of the molecule is CCCCC1CC2C3CCCCC3C3C(C2C1)C1CCCCC1N3C.FI. The molecule has 0 aromatic rings. The van der Waals surface area contributed by atoms with E-state index in [1.165, 1.54) is 44.9 Å². The Kier molecular flexibility index (Phi) is 7.10. The number of nitrogens with zero attached hydrogens (tertiary/aromatic N) is 1. The quantitative estimate of drug-likeness (QED) is 0.373. The van der Waals surface area contributed by atoms with E-state index < -0.39 is 0 Å². The number of hydrogen-bond donors (Lipinski definition) is 0. The first-order valence-corrected chi connectivity index (χ1v) is 13.0. The number of rotatable bonds is 3. The van der Waals surface area contributed by atoms with Crippen molar-refractivity contribution >= 4 is 23.2 Å². The van der Waals surface area contributed by atoms with Crippen molar-refractivity contribution in [3.8, 4) is 0 Å². The van der Waals surface area contributed by atoms with E-state index in [1.54, 1.807) is 38.5 Å². The Hall–Kier alpha value is 0.620. The normalized spacial score (nSPS) is 48.7. The molecule has 1 heterocycles. The zero-order valence-electron chi connectivity index (χ0n) is 17.6. The molecule has 27 heavy (non-hydrogen) atoms. The van der Waals surface area contributed by atoms with Crippen LogP contribution in [0.15, 0.2) is 0 Å². The molecule has 0 radical (unpaired) electrons. The first-order valence-electron chi connectivity index (χ1n) is 12.2. The van der Waals surface area contributed by atoms with Gasteiger partial charge in [0.2, 0.25) is 0 Å². The summed E-state index contributed by atoms with van der Waals surface area (Å²) >= 11 is 0.650. The van der Waals surface area contributed by atoms with E-state index in [0.717, 1.165) is 53.5 Å². The molecular weight excluding hydrogens is 448 g/mol. The zero-order chi connectivity index (χ0) is 19.0. The van der Waals surface area contributed by atoms with Gasteiger partial charge in [0.1, 0.15) is 0 Å². The summed E-state index contributed by atoms with van der Waals surface area (Å²) in [5.41, 5.74) is 0. The summed E-state index contributed by atoms with van der Waals surface area (Å²) in [6.45, 7) is 2.38. The van der Waals surface area contributed by atoms with Crippen molar-refractivity contribution in [3.63, 3.8) is 0 Å². The third-order valence-electron chi connectivity index (χ3n) is 9.75. The maximum Gasteiger partial charge on any atom is 0.171 e. The van der Waals surface area contributed by atoms with Crippen LogP contribution < -0.4 is 0 Å². The van der Waals surface area contributed by atoms with Crippen molar-refractivity contribution in [2.24, 2.45) is 41.4 Å². The molecule has 5 aliphatic rings. The third-order valence-corrected chi connectivity index (χ3v) is 9.75. The van der Waals surface area contributed by atoms with E-state index in [1.807, 2.05) is 0 Å². The molecule has 1 nitrogen and oxygen atoms in total. The lowest BCUT2D eigenvalue weighted by Crippen LogP contribution is -2.52. The van der Waals surface area contributed by atoms with Crippen LogP contribution in [0.25, 0.3) is 0 Å². The van der Waals surface area contributed by atoms with Crippen LogP contribution in [0, 0.1) is 41.4 Å². The fourth-order valence-electron chi connectivity index (χ4n) is 9.02. The van der Waals surface area contributed by atoms with Crippen LogP contribution in [0.3, 0.4) is 0 Å². The van der Waals surface area contributed by atoms with Crippen molar-refractivity contribution in [2.45, 2.75) is 102 Å². The molecule has 5 fully saturated rings. The second-order valence-corrected chi connectivity index (χ2v) is 10.7. The van der Waals surface area contributed by atoms with Crippen LogP contribution in [0.5, 0.6) is 0 Å². The Labute approximate surface area is 181 Å². The van der Waals surface area contributed by atoms with E-state index >= 15 is 0 Å². The monoisotopic (exact) mass is 489 g/mol. The van der Waals surface area contributed by atoms with Gasteiger partial charge in [-0.05, 0) is 87.0 Å². The van der Waals surface area contributed by atoms with Crippen molar-refractivity contribution in [1.82, 2.24) is 4.90 Å². The van der Waals surface area contributed by atoms with E-state index in [9.17, 15) is 2.86 Å². The lowest BCUT2D eigenvalue weighted by Gasteiger charge is -2.52. The summed E-state index contributed by atoms with van der Waals surface area (Å²) in [5, 5.41) is 0. The van der Waals surface area contributed by atoms with Crippen LogP contribution in [0.4, 0.5) is 2.86 Å². The van der Waals surface area contributed by atoms with Crippen LogP contribution in [0.1, 0.15) is 90.4 Å². The van der Waals surface area contributed by atoms with Gasteiger partial charge in [0.05, 0.1) is 0 Å². The standard InChI is InChI=1S/C24H41N.FI/c1-3-4-9-16-14-20-17-10-5-6-11-18(17)24-23(21(20)15-16)19-12-7-8-13-22(19)25(24)2;1-2/h16-24H,3-15H2,1-2H3;. The van der Waals surface area contributed by atoms with Crippen molar-refractivity contribution in [3.05, 3.63) is 0 Å². The van der Waals surface area contributed by atoms with Gasteiger partial charge in [-0.3, -0.25) is 4.90 Å². The summed E-state index contributed by atoms with van der Waals surface area (Å²) in [5.74, 6) is 7.67. The van der Waals surface area contributed by atoms with Crippen molar-refractivity contribution in [1.29, 1.82) is 0 Å². The van der Waals surface area contributed by atoms with Gasteiger partial charge in [0.15, 0.2) is 23.2 Å². The minimum atomic E-state index is 0.650. The molecule has 0 aromatic heterocycles. The summed E-state index contributed by atoms with van der Waals surface area (Å²) < 4.78 is 9.47. The highest BCUT2D eigenvalue weighted by molar-refractivity contribution is 14.1. The average Bonchev–Trinajstić information content (AvgIpc) is 3.28. The Morgan fingerprint density at radius 3 is 2.19 bits per heavy atom. The number of likely N-dealkylation sites (tertiary alicyclic amines) is 1. The first-order chi connectivity index (χ1) is 13.3. The van der Waals surface area contributed by atoms with Crippen LogP contribution in [-0.2, 0) is 0 Å². The Bertz CT molecular complexity index is 485. The molecular formula is C24H41FIN. The molecule has 156 valence electrons. The van der Waals surface area contributed by atoms with Crippen LogP contribution in [-0.4, -0.2) is 24.0 Å². The first kappa shape index (κ1) is 20.9. The second kappa shape index (κ2) is 9.18. The number of halogens is 2. The number of hydrogen-bond acceptors (Lipinski definition) is 1. The van der Waals surface area contributed by atoms with Crippen LogP contribution in [0.2, 0.25) is 0 Å². The average molecular weight is 490 g/mol. The summed E-state index contributed by atoms with van der Waals surface area (Å²) in [6.07, 6.45) is 20.0. The van der Waals surface area contributed by atoms with Gasteiger partial charge in [-0.2, -0.15) is 2.86 Å². The summed E-state index contributed by atoms with van der Waals surface area (Å²) in [7, 11) is 2.54. The second-order valence-electron chi connectivity index (χ2n) is 10.7. The third kappa shape index (κ3) is 3.64. The zero-order valence-corrected chi connectivity index (χ0v) is 19.7. The lowest BCUT2D eigenvalue weighted by atomic mass is 9.54. The molecule has 0 spiro atoms. The predicted molar refractivity (Wildman–Crippen MR) is 121 cm³/mol. The molecule has 0 aromatic carbocycles.